The van der Waals surface area contributed by atoms with Gasteiger partial charge in [-0.25, -0.2) is 4.79 Å². The molecule has 13 atom stereocenters. The number of rotatable bonds is 51. The van der Waals surface area contributed by atoms with Crippen LogP contribution in [0.2, 0.25) is 0 Å². The zero-order valence-corrected chi connectivity index (χ0v) is 66.6. The summed E-state index contributed by atoms with van der Waals surface area (Å²) in [4.78, 5) is 235. The van der Waals surface area contributed by atoms with Crippen LogP contribution in [-0.4, -0.2) is 268 Å². The fraction of sp³-hybridized carbons (Fsp3) is 0.456. The van der Waals surface area contributed by atoms with E-state index < -0.39 is 250 Å². The van der Waals surface area contributed by atoms with Crippen LogP contribution >= 0.6 is 0 Å². The predicted molar refractivity (Wildman–Crippen MR) is 429 cm³/mol. The van der Waals surface area contributed by atoms with E-state index in [1.807, 2.05) is 5.32 Å². The largest absolute Gasteiger partial charge is 0.508 e. The van der Waals surface area contributed by atoms with Gasteiger partial charge in [-0.05, 0) is 116 Å². The van der Waals surface area contributed by atoms with E-state index in [4.69, 9.17) is 17.2 Å². The monoisotopic (exact) mass is 1710 g/mol. The maximum atomic E-state index is 14.8. The Morgan fingerprint density at radius 1 is 0.434 bits per heavy atom. The lowest BCUT2D eigenvalue weighted by Crippen LogP contribution is -2.62. The van der Waals surface area contributed by atoms with Crippen molar-refractivity contribution < 1.29 is 127 Å². The van der Waals surface area contributed by atoms with Crippen LogP contribution < -0.4 is 81.0 Å². The highest BCUT2D eigenvalue weighted by molar-refractivity contribution is 6.01. The van der Waals surface area contributed by atoms with Crippen LogP contribution in [0.3, 0.4) is 0 Å². The number of carbonyl (C=O) groups excluding carboxylic acids is 12. The predicted octanol–water partition coefficient (Wildman–Crippen LogP) is -5.13. The second-order valence-corrected chi connectivity index (χ2v) is 29.5. The number of hydrogen-bond acceptors (Lipinski definition) is 25. The number of aromatic amines is 1. The number of aromatic hydroxyl groups is 2. The minimum absolute atomic E-state index is 0.0668. The minimum Gasteiger partial charge on any atom is -0.508 e. The lowest BCUT2D eigenvalue weighted by Gasteiger charge is -2.31. The Balaban J connectivity index is 1.19. The number of para-hydroxylation sites is 1. The van der Waals surface area contributed by atoms with Crippen molar-refractivity contribution in [1.29, 1.82) is 0 Å². The molecule has 5 aromatic rings. The standard InChI is InChI=1S/C79H105N17O26/c1-40(2)30-53(69(112)87-52(25-27-63(103)104)77(120)96-29-9-15-61(96)76(119)92-56(34-44-37-84-49-13-7-6-12-47(44)49)72(115)91-57(35-64(105)106)73(116)93-58(78(121)122)36-65(107)108)88-74(117)59(38-97)95-75(118)60(39-98)94-68(111)51(24-26-62(101)102)86-70(113)54(32-42-16-20-45(99)21-17-42)90-71(114)55(33-43-18-22-46(100)23-19-43)89-67(110)50(14-8-28-83-79(81)82)85-66(109)48(80)31-41-10-4-3-5-11-41/h3-7,10-13,16-23,37,40,48,50-61,79,83-84,97-100H,8-9,14-15,24-36,38-39,80-82H2,1-2H3,(H,85,109)(H,86,113)(H,87,112)(H,88,117)(H,89,110)(H,90,114)(H,91,115)(H,92,119)(H,93,116)(H,94,111)(H,95,118)(H,101,102)(H,103,104)(H,105,106)(H,107,108)(H,121,122)/t48-,50-,51-,52-,53-,54-,55-,56-,57-,58-,59-,60-,61-/m0/s1. The van der Waals surface area contributed by atoms with Crippen molar-refractivity contribution >= 4 is 112 Å². The molecule has 0 unspecified atom stereocenters. The van der Waals surface area contributed by atoms with Gasteiger partial charge in [0.2, 0.25) is 70.9 Å². The number of carbonyl (C=O) groups is 17. The number of benzene rings is 4. The van der Waals surface area contributed by atoms with Gasteiger partial charge in [-0.15, -0.1) is 0 Å². The number of nitrogens with one attached hydrogen (secondary N) is 13. The van der Waals surface area contributed by atoms with Crippen molar-refractivity contribution in [2.45, 2.75) is 195 Å². The zero-order valence-electron chi connectivity index (χ0n) is 66.6. The van der Waals surface area contributed by atoms with Crippen molar-refractivity contribution in [2.24, 2.45) is 23.1 Å². The summed E-state index contributed by atoms with van der Waals surface area (Å²) >= 11 is 0. The molecular weight excluding hydrogens is 1600 g/mol. The number of likely N-dealkylation sites (tertiary alicyclic amines) is 1. The summed E-state index contributed by atoms with van der Waals surface area (Å²) in [6.07, 6.45) is -6.02. The molecule has 0 radical (unpaired) electrons. The fourth-order valence-electron chi connectivity index (χ4n) is 13.1. The number of aliphatic hydroxyl groups is 2. The third-order valence-corrected chi connectivity index (χ3v) is 19.4. The number of aliphatic hydroxyl groups excluding tert-OH is 2. The molecule has 1 aliphatic heterocycles. The molecule has 1 fully saturated rings. The smallest absolute Gasteiger partial charge is 0.326 e. The number of phenolic OH excluding ortho intramolecular Hbond substituents is 2. The van der Waals surface area contributed by atoms with Crippen molar-refractivity contribution in [3.8, 4) is 11.5 Å². The van der Waals surface area contributed by atoms with Crippen LogP contribution in [0.5, 0.6) is 11.5 Å². The van der Waals surface area contributed by atoms with E-state index in [0.29, 0.717) is 27.6 Å². The molecular formula is C79H105N17O26. The van der Waals surface area contributed by atoms with Gasteiger partial charge in [-0.1, -0.05) is 86.6 Å². The molecule has 1 aromatic heterocycles. The van der Waals surface area contributed by atoms with Crippen molar-refractivity contribution in [3.05, 3.63) is 132 Å². The normalized spacial score (nSPS) is 15.4. The summed E-state index contributed by atoms with van der Waals surface area (Å²) in [5.74, 6) is -22.7. The Kier molecular flexibility index (Phi) is 38.5. The van der Waals surface area contributed by atoms with Crippen LogP contribution in [0.4, 0.5) is 0 Å². The fourth-order valence-corrected chi connectivity index (χ4v) is 13.1. The number of nitrogens with zero attached hydrogens (tertiary/aromatic N) is 1. The molecule has 0 aliphatic carbocycles. The molecule has 2 heterocycles. The summed E-state index contributed by atoms with van der Waals surface area (Å²) in [7, 11) is 0. The van der Waals surface area contributed by atoms with Gasteiger partial charge >= 0.3 is 29.8 Å². The van der Waals surface area contributed by atoms with Gasteiger partial charge in [0.05, 0.1) is 32.1 Å². The summed E-state index contributed by atoms with van der Waals surface area (Å²) in [5.41, 5.74) is 19.9. The van der Waals surface area contributed by atoms with Crippen molar-refractivity contribution in [1.82, 2.24) is 73.7 Å². The number of carboxylic acids is 5. The second-order valence-electron chi connectivity index (χ2n) is 29.5. The number of carboxylic acid groups (broad SMARTS) is 5. The summed E-state index contributed by atoms with van der Waals surface area (Å²) in [5, 5.41) is 119. The first kappa shape index (κ1) is 97.6. The minimum atomic E-state index is -2.09. The third kappa shape index (κ3) is 31.8. The van der Waals surface area contributed by atoms with Crippen LogP contribution in [0.1, 0.15) is 107 Å². The second kappa shape index (κ2) is 48.1. The van der Waals surface area contributed by atoms with E-state index in [1.165, 1.54) is 54.7 Å². The number of aromatic nitrogens is 1. The average Bonchev–Trinajstić information content (AvgIpc) is 1.63. The first-order valence-electron chi connectivity index (χ1n) is 38.9. The van der Waals surface area contributed by atoms with E-state index >= 15 is 0 Å². The molecule has 6 rings (SSSR count). The molecule has 1 aliphatic rings. The molecule has 4 aromatic carbocycles. The Hall–Kier alpha value is -13.2. The Bertz CT molecular complexity index is 4500. The molecule has 0 saturated carbocycles. The van der Waals surface area contributed by atoms with Gasteiger partial charge < -0.3 is 132 Å². The molecule has 0 bridgehead atoms. The maximum Gasteiger partial charge on any atom is 0.326 e. The number of fused-ring (bicyclic) bond motifs is 1. The molecule has 43 nitrogen and oxygen atoms in total. The van der Waals surface area contributed by atoms with Gasteiger partial charge in [0.1, 0.15) is 90.3 Å². The Morgan fingerprint density at radius 2 is 0.844 bits per heavy atom. The van der Waals surface area contributed by atoms with E-state index in [-0.39, 0.29) is 81.5 Å². The first-order valence-corrected chi connectivity index (χ1v) is 38.9. The van der Waals surface area contributed by atoms with E-state index in [2.05, 4.69) is 63.5 Å². The van der Waals surface area contributed by atoms with Gasteiger partial charge in [-0.2, -0.15) is 0 Å². The lowest BCUT2D eigenvalue weighted by molar-refractivity contribution is -0.148. The highest BCUT2D eigenvalue weighted by Gasteiger charge is 2.42. The molecule has 12 amide bonds. The van der Waals surface area contributed by atoms with Gasteiger partial charge in [0.25, 0.3) is 0 Å². The summed E-state index contributed by atoms with van der Waals surface area (Å²) in [6, 6.07) is 3.32. The molecule has 1 saturated heterocycles. The molecule has 122 heavy (non-hydrogen) atoms. The topological polar surface area (TPSA) is 714 Å². The zero-order chi connectivity index (χ0) is 90.0. The first-order chi connectivity index (χ1) is 57.8. The van der Waals surface area contributed by atoms with Crippen molar-refractivity contribution in [3.63, 3.8) is 0 Å². The van der Waals surface area contributed by atoms with Crippen LogP contribution in [-0.2, 0) is 107 Å². The van der Waals surface area contributed by atoms with Crippen molar-refractivity contribution in [2.75, 3.05) is 26.3 Å². The Labute approximate surface area is 697 Å². The SMILES string of the molecule is CC(C)C[C@H](NC(=O)[C@H](CO)NC(=O)[C@H](CO)NC(=O)[C@H](CCC(=O)O)NC(=O)[C@H](Cc1ccc(O)cc1)NC(=O)[C@H](Cc1ccc(O)cc1)NC(=O)[C@H](CCCNC(N)N)NC(=O)[C@@H](N)Cc1ccccc1)C(=O)N[C@@H](CCC(=O)O)C(=O)N1CCC[C@H]1C(=O)N[C@@H](Cc1c[nH]c2ccccc12)C(=O)N[C@@H](CC(=O)O)C(=O)N[C@@H](CC(=O)O)C(=O)O. The highest BCUT2D eigenvalue weighted by Crippen LogP contribution is 2.24. The van der Waals surface area contributed by atoms with E-state index in [0.717, 1.165) is 4.90 Å². The summed E-state index contributed by atoms with van der Waals surface area (Å²) in [6.45, 7) is 0.615. The van der Waals surface area contributed by atoms with E-state index in [1.54, 1.807) is 68.4 Å². The number of amides is 12. The number of nitrogens with two attached hydrogens (primary N) is 3. The average molecular weight is 1710 g/mol. The van der Waals surface area contributed by atoms with E-state index in [9.17, 15) is 127 Å². The number of aliphatic carboxylic acids is 5. The highest BCUT2D eigenvalue weighted by atomic mass is 16.4. The number of hydrogen-bond donors (Lipinski definition) is 25. The van der Waals surface area contributed by atoms with Crippen LogP contribution in [0, 0.1) is 5.92 Å². The lowest BCUT2D eigenvalue weighted by atomic mass is 10.0. The molecule has 662 valence electrons. The van der Waals surface area contributed by atoms with Gasteiger partial charge in [-0.3, -0.25) is 82.0 Å². The number of H-pyrrole nitrogens is 1. The van der Waals surface area contributed by atoms with Crippen LogP contribution in [0.15, 0.2) is 109 Å². The quantitative estimate of drug-likeness (QED) is 0.0128. The maximum absolute atomic E-state index is 14.8. The van der Waals surface area contributed by atoms with Crippen LogP contribution in [0.25, 0.3) is 10.9 Å². The summed E-state index contributed by atoms with van der Waals surface area (Å²) < 4.78 is 0. The molecule has 43 heteroatoms. The van der Waals surface area contributed by atoms with Gasteiger partial charge in [0, 0.05) is 55.7 Å². The number of phenols is 2. The third-order valence-electron chi connectivity index (χ3n) is 19.4. The molecule has 0 spiro atoms. The molecule has 28 N–H and O–H groups in total. The Morgan fingerprint density at radius 3 is 1.35 bits per heavy atom. The van der Waals surface area contributed by atoms with Gasteiger partial charge in [0.15, 0.2) is 0 Å².